The Labute approximate surface area is 208 Å². The number of nitrogens with one attached hydrogen (secondary N) is 1. The first-order valence-corrected chi connectivity index (χ1v) is 11.7. The molecule has 1 atom stereocenters. The van der Waals surface area contributed by atoms with E-state index < -0.39 is 0 Å². The molecule has 0 fully saturated rings. The number of nitriles is 1. The molecule has 2 aromatic heterocycles. The molecule has 2 heterocycles. The Kier molecular flexibility index (Phi) is 7.71. The summed E-state index contributed by atoms with van der Waals surface area (Å²) in [6.07, 6.45) is 4.59. The first-order valence-electron chi connectivity index (χ1n) is 11.7. The first-order chi connectivity index (χ1) is 17.4. The van der Waals surface area contributed by atoms with E-state index in [1.807, 2.05) is 25.3 Å². The molecule has 0 saturated carbocycles. The van der Waals surface area contributed by atoms with E-state index in [1.54, 1.807) is 41.2 Å². The number of hydrogen-bond acceptors (Lipinski definition) is 5. The van der Waals surface area contributed by atoms with Crippen molar-refractivity contribution in [2.45, 2.75) is 26.3 Å². The van der Waals surface area contributed by atoms with Gasteiger partial charge in [-0.15, -0.1) is 0 Å². The number of halogens is 1. The van der Waals surface area contributed by atoms with Crippen LogP contribution in [0.25, 0.3) is 22.4 Å². The van der Waals surface area contributed by atoms with Crippen LogP contribution in [0.3, 0.4) is 0 Å². The zero-order chi connectivity index (χ0) is 25.5. The van der Waals surface area contributed by atoms with Gasteiger partial charge in [0, 0.05) is 35.8 Å². The highest BCUT2D eigenvalue weighted by Gasteiger charge is 2.16. The molecule has 4 rings (SSSR count). The van der Waals surface area contributed by atoms with Crippen LogP contribution in [-0.4, -0.2) is 32.3 Å². The molecule has 0 radical (unpaired) electrons. The van der Waals surface area contributed by atoms with Gasteiger partial charge in [0.25, 0.3) is 5.91 Å². The average molecular weight is 484 g/mol. The molecule has 0 aliphatic carbocycles. The molecule has 1 unspecified atom stereocenters. The fourth-order valence-corrected chi connectivity index (χ4v) is 3.95. The summed E-state index contributed by atoms with van der Waals surface area (Å²) in [7, 11) is 0. The van der Waals surface area contributed by atoms with Crippen LogP contribution in [0.15, 0.2) is 73.1 Å². The van der Waals surface area contributed by atoms with Crippen molar-refractivity contribution in [3.05, 3.63) is 90.1 Å². The molecule has 0 saturated heterocycles. The Morgan fingerprint density at radius 2 is 1.94 bits per heavy atom. The van der Waals surface area contributed by atoms with Crippen LogP contribution in [0.2, 0.25) is 0 Å². The monoisotopic (exact) mass is 483 g/mol. The molecule has 0 aliphatic rings. The smallest absolute Gasteiger partial charge is 0.255 e. The summed E-state index contributed by atoms with van der Waals surface area (Å²) in [6, 6.07) is 18.6. The Morgan fingerprint density at radius 3 is 2.69 bits per heavy atom. The van der Waals surface area contributed by atoms with Crippen molar-refractivity contribution in [1.29, 1.82) is 5.26 Å². The van der Waals surface area contributed by atoms with Crippen molar-refractivity contribution in [2.24, 2.45) is 5.92 Å². The molecule has 0 spiro atoms. The normalized spacial score (nSPS) is 11.6. The number of para-hydroxylation sites is 1. The minimum absolute atomic E-state index is 0.0516. The predicted molar refractivity (Wildman–Crippen MR) is 134 cm³/mol. The number of nitrogens with zero attached hydrogens (tertiary/aromatic N) is 4. The lowest BCUT2D eigenvalue weighted by atomic mass is 9.99. The second kappa shape index (κ2) is 11.3. The van der Waals surface area contributed by atoms with Crippen LogP contribution in [0, 0.1) is 23.1 Å². The van der Waals surface area contributed by atoms with Gasteiger partial charge >= 0.3 is 0 Å². The van der Waals surface area contributed by atoms with Crippen LogP contribution in [0.1, 0.15) is 29.4 Å². The minimum atomic E-state index is -0.324. The number of aryl methyl sites for hydroxylation is 1. The number of phenolic OH excluding ortho intramolecular Hbond substituents is 1. The van der Waals surface area contributed by atoms with Gasteiger partial charge in [-0.05, 0) is 66.4 Å². The molecular formula is C28H26FN5O2. The number of aromatic nitrogens is 3. The summed E-state index contributed by atoms with van der Waals surface area (Å²) in [5, 5.41) is 26.4. The van der Waals surface area contributed by atoms with Crippen molar-refractivity contribution >= 4 is 5.91 Å². The highest BCUT2D eigenvalue weighted by atomic mass is 19.1. The van der Waals surface area contributed by atoms with Crippen molar-refractivity contribution in [3.63, 3.8) is 0 Å². The lowest BCUT2D eigenvalue weighted by molar-refractivity contribution is 0.0945. The summed E-state index contributed by atoms with van der Waals surface area (Å²) in [6.45, 7) is 2.89. The van der Waals surface area contributed by atoms with Crippen LogP contribution in [0.4, 0.5) is 4.39 Å². The van der Waals surface area contributed by atoms with Crippen molar-refractivity contribution in [1.82, 2.24) is 20.1 Å². The highest BCUT2D eigenvalue weighted by molar-refractivity contribution is 5.96. The van der Waals surface area contributed by atoms with Crippen molar-refractivity contribution in [2.75, 3.05) is 6.54 Å². The van der Waals surface area contributed by atoms with Gasteiger partial charge in [0.1, 0.15) is 17.3 Å². The highest BCUT2D eigenvalue weighted by Crippen LogP contribution is 2.31. The standard InChI is InChI=1S/C28H26FN5O2/c1-19(17-32-28(36)24-5-2-3-6-26(24)35)15-23-16-21(11-13-31-23)25-18-34(14-4-12-30)33-27(25)20-7-9-22(29)10-8-20/h2-3,5-11,13,16,18-19,35H,4,14-15,17H2,1H3,(H,32,36). The Bertz CT molecular complexity index is 1390. The number of pyridine rings is 1. The quantitative estimate of drug-likeness (QED) is 0.349. The number of carbonyl (C=O) groups is 1. The van der Waals surface area contributed by atoms with E-state index in [0.717, 1.165) is 22.4 Å². The maximum Gasteiger partial charge on any atom is 0.255 e. The zero-order valence-electron chi connectivity index (χ0n) is 19.9. The van der Waals surface area contributed by atoms with Gasteiger partial charge in [-0.25, -0.2) is 4.39 Å². The largest absolute Gasteiger partial charge is 0.507 e. The van der Waals surface area contributed by atoms with Gasteiger partial charge in [-0.2, -0.15) is 10.4 Å². The molecule has 1 amide bonds. The summed E-state index contributed by atoms with van der Waals surface area (Å²) in [5.41, 5.74) is 4.35. The first kappa shape index (κ1) is 24.6. The molecule has 0 bridgehead atoms. The van der Waals surface area contributed by atoms with Crippen LogP contribution in [-0.2, 0) is 13.0 Å². The molecule has 36 heavy (non-hydrogen) atoms. The topological polar surface area (TPSA) is 104 Å². The van der Waals surface area contributed by atoms with E-state index in [1.165, 1.54) is 18.2 Å². The number of carbonyl (C=O) groups excluding carboxylic acids is 1. The van der Waals surface area contributed by atoms with E-state index in [2.05, 4.69) is 21.5 Å². The fourth-order valence-electron chi connectivity index (χ4n) is 3.95. The summed E-state index contributed by atoms with van der Waals surface area (Å²) in [4.78, 5) is 16.9. The molecular weight excluding hydrogens is 457 g/mol. The molecule has 2 aromatic carbocycles. The number of benzene rings is 2. The summed E-state index contributed by atoms with van der Waals surface area (Å²) < 4.78 is 15.2. The molecule has 182 valence electrons. The zero-order valence-corrected chi connectivity index (χ0v) is 19.9. The van der Waals surface area contributed by atoms with Crippen molar-refractivity contribution < 1.29 is 14.3 Å². The Hall–Kier alpha value is -4.51. The molecule has 0 aliphatic heterocycles. The minimum Gasteiger partial charge on any atom is -0.507 e. The number of aromatic hydroxyl groups is 1. The van der Waals surface area contributed by atoms with Gasteiger partial charge in [-0.3, -0.25) is 14.5 Å². The van der Waals surface area contributed by atoms with E-state index in [0.29, 0.717) is 31.6 Å². The van der Waals surface area contributed by atoms with Crippen LogP contribution in [0.5, 0.6) is 5.75 Å². The fraction of sp³-hybridized carbons (Fsp3) is 0.214. The Morgan fingerprint density at radius 1 is 1.17 bits per heavy atom. The number of hydrogen-bond donors (Lipinski definition) is 2. The van der Waals surface area contributed by atoms with Crippen LogP contribution >= 0.6 is 0 Å². The Balaban J connectivity index is 1.51. The van der Waals surface area contributed by atoms with Gasteiger partial charge < -0.3 is 10.4 Å². The summed E-state index contributed by atoms with van der Waals surface area (Å²) >= 11 is 0. The lowest BCUT2D eigenvalue weighted by Gasteiger charge is -2.13. The van der Waals surface area contributed by atoms with E-state index in [-0.39, 0.29) is 29.0 Å². The third-order valence-electron chi connectivity index (χ3n) is 5.78. The lowest BCUT2D eigenvalue weighted by Crippen LogP contribution is -2.29. The van der Waals surface area contributed by atoms with Gasteiger partial charge in [-0.1, -0.05) is 19.1 Å². The molecule has 4 aromatic rings. The summed E-state index contributed by atoms with van der Waals surface area (Å²) in [5.74, 6) is -0.601. The van der Waals surface area contributed by atoms with Gasteiger partial charge in [0.2, 0.25) is 0 Å². The van der Waals surface area contributed by atoms with E-state index in [9.17, 15) is 14.3 Å². The van der Waals surface area contributed by atoms with Crippen molar-refractivity contribution in [3.8, 4) is 34.2 Å². The second-order valence-electron chi connectivity index (χ2n) is 8.64. The van der Waals surface area contributed by atoms with Gasteiger partial charge in [0.05, 0.1) is 24.6 Å². The second-order valence-corrected chi connectivity index (χ2v) is 8.64. The van der Waals surface area contributed by atoms with Gasteiger partial charge in [0.15, 0.2) is 0 Å². The molecule has 2 N–H and O–H groups in total. The molecule has 8 heteroatoms. The predicted octanol–water partition coefficient (Wildman–Crippen LogP) is 4.98. The maximum atomic E-state index is 13.5. The van der Waals surface area contributed by atoms with E-state index in [4.69, 9.17) is 5.26 Å². The van der Waals surface area contributed by atoms with Crippen LogP contribution < -0.4 is 5.32 Å². The maximum absolute atomic E-state index is 13.5. The number of rotatable bonds is 9. The number of phenols is 1. The van der Waals surface area contributed by atoms with E-state index >= 15 is 0 Å². The number of amides is 1. The third-order valence-corrected chi connectivity index (χ3v) is 5.78. The average Bonchev–Trinajstić information content (AvgIpc) is 3.31. The SMILES string of the molecule is CC(CNC(=O)c1ccccc1O)Cc1cc(-c2cn(CCC#N)nc2-c2ccc(F)cc2)ccn1. The molecule has 7 nitrogen and oxygen atoms in total. The third kappa shape index (κ3) is 5.94.